The number of aromatic nitrogens is 2. The highest BCUT2D eigenvalue weighted by Gasteiger charge is 2.20. The minimum absolute atomic E-state index is 0.128. The Balaban J connectivity index is 1.96. The molecule has 3 rings (SSSR count). The number of hydrogen-bond donors (Lipinski definition) is 1. The minimum Gasteiger partial charge on any atom is -0.462 e. The third kappa shape index (κ3) is 3.46. The first-order chi connectivity index (χ1) is 12.9. The molecule has 136 valence electrons. The van der Waals surface area contributed by atoms with Crippen LogP contribution < -0.4 is 10.9 Å². The summed E-state index contributed by atoms with van der Waals surface area (Å²) in [5.41, 5.74) is 0.848. The summed E-state index contributed by atoms with van der Waals surface area (Å²) in [5.74, 6) is 0.395. The Morgan fingerprint density at radius 2 is 1.89 bits per heavy atom. The summed E-state index contributed by atoms with van der Waals surface area (Å²) in [6.45, 7) is 3.49. The molecule has 0 saturated carbocycles. The predicted octanol–water partition coefficient (Wildman–Crippen LogP) is 2.93. The maximum absolute atomic E-state index is 12.8. The SMILES string of the molecule is Cc1ccc(/C=C(\C#N)C(=O)Nc2c(C)n(C)n(-c3ccccc3)c2=O)o1. The number of amides is 1. The average molecular weight is 362 g/mol. The van der Waals surface area contributed by atoms with E-state index < -0.39 is 5.91 Å². The van der Waals surface area contributed by atoms with E-state index >= 15 is 0 Å². The second-order valence-electron chi connectivity index (χ2n) is 6.01. The number of carbonyl (C=O) groups excluding carboxylic acids is 1. The summed E-state index contributed by atoms with van der Waals surface area (Å²) in [4.78, 5) is 25.3. The van der Waals surface area contributed by atoms with Crippen molar-refractivity contribution in [2.75, 3.05) is 5.32 Å². The van der Waals surface area contributed by atoms with Gasteiger partial charge in [-0.3, -0.25) is 14.3 Å². The number of rotatable bonds is 4. The standard InChI is InChI=1S/C20H18N4O3/c1-13-9-10-17(27-13)11-15(12-21)19(25)22-18-14(2)23(3)24(20(18)26)16-7-5-4-6-8-16/h4-11H,1-3H3,(H,22,25)/b15-11+. The summed E-state index contributed by atoms with van der Waals surface area (Å²) in [5, 5.41) is 11.9. The molecule has 0 aliphatic rings. The van der Waals surface area contributed by atoms with Gasteiger partial charge in [-0.05, 0) is 38.1 Å². The Kier molecular flexibility index (Phi) is 4.81. The average Bonchev–Trinajstić information content (AvgIpc) is 3.16. The lowest BCUT2D eigenvalue weighted by molar-refractivity contribution is -0.112. The van der Waals surface area contributed by atoms with Crippen molar-refractivity contribution in [3.63, 3.8) is 0 Å². The molecule has 0 aliphatic carbocycles. The van der Waals surface area contributed by atoms with Crippen LogP contribution in [0.2, 0.25) is 0 Å². The van der Waals surface area contributed by atoms with Crippen molar-refractivity contribution in [1.29, 1.82) is 5.26 Å². The lowest BCUT2D eigenvalue weighted by Gasteiger charge is -2.07. The number of aryl methyl sites for hydroxylation is 1. The Morgan fingerprint density at radius 3 is 2.48 bits per heavy atom. The van der Waals surface area contributed by atoms with Crippen molar-refractivity contribution < 1.29 is 9.21 Å². The molecule has 7 nitrogen and oxygen atoms in total. The lowest BCUT2D eigenvalue weighted by atomic mass is 10.2. The van der Waals surface area contributed by atoms with Crippen LogP contribution in [0.3, 0.4) is 0 Å². The molecule has 0 spiro atoms. The van der Waals surface area contributed by atoms with E-state index in [9.17, 15) is 14.9 Å². The van der Waals surface area contributed by atoms with E-state index in [0.29, 0.717) is 22.9 Å². The number of benzene rings is 1. The summed E-state index contributed by atoms with van der Waals surface area (Å²) in [6, 6.07) is 14.3. The van der Waals surface area contributed by atoms with Gasteiger partial charge in [-0.1, -0.05) is 18.2 Å². The van der Waals surface area contributed by atoms with E-state index in [-0.39, 0.29) is 16.8 Å². The van der Waals surface area contributed by atoms with Gasteiger partial charge in [-0.2, -0.15) is 5.26 Å². The highest BCUT2D eigenvalue weighted by molar-refractivity contribution is 6.09. The van der Waals surface area contributed by atoms with Crippen LogP contribution in [0.15, 0.2) is 57.2 Å². The number of nitrogens with zero attached hydrogens (tertiary/aromatic N) is 3. The molecule has 0 fully saturated rings. The number of carbonyl (C=O) groups is 1. The van der Waals surface area contributed by atoms with Crippen LogP contribution in [0.1, 0.15) is 17.2 Å². The Labute approximate surface area is 155 Å². The molecule has 0 atom stereocenters. The van der Waals surface area contributed by atoms with Gasteiger partial charge in [0.05, 0.1) is 11.4 Å². The molecule has 0 radical (unpaired) electrons. The largest absolute Gasteiger partial charge is 0.462 e. The number of anilines is 1. The van der Waals surface area contributed by atoms with E-state index in [1.165, 1.54) is 10.8 Å². The number of hydrogen-bond acceptors (Lipinski definition) is 4. The van der Waals surface area contributed by atoms with Crippen LogP contribution in [-0.4, -0.2) is 15.3 Å². The summed E-state index contributed by atoms with van der Waals surface area (Å²) < 4.78 is 8.47. The zero-order valence-corrected chi connectivity index (χ0v) is 15.2. The fraction of sp³-hybridized carbons (Fsp3) is 0.150. The van der Waals surface area contributed by atoms with Crippen molar-refractivity contribution in [1.82, 2.24) is 9.36 Å². The molecule has 0 bridgehead atoms. The molecule has 0 unspecified atom stereocenters. The minimum atomic E-state index is -0.669. The smallest absolute Gasteiger partial charge is 0.295 e. The molecule has 2 heterocycles. The predicted molar refractivity (Wildman–Crippen MR) is 101 cm³/mol. The summed E-state index contributed by atoms with van der Waals surface area (Å²) >= 11 is 0. The van der Waals surface area contributed by atoms with Crippen LogP contribution in [0.25, 0.3) is 11.8 Å². The fourth-order valence-electron chi connectivity index (χ4n) is 2.71. The van der Waals surface area contributed by atoms with Gasteiger partial charge in [0.2, 0.25) is 0 Å². The first kappa shape index (κ1) is 18.0. The highest BCUT2D eigenvalue weighted by atomic mass is 16.3. The number of para-hydroxylation sites is 1. The first-order valence-corrected chi connectivity index (χ1v) is 8.26. The van der Waals surface area contributed by atoms with Crippen LogP contribution in [0.5, 0.6) is 0 Å². The van der Waals surface area contributed by atoms with Crippen molar-refractivity contribution in [3.8, 4) is 11.8 Å². The monoisotopic (exact) mass is 362 g/mol. The van der Waals surface area contributed by atoms with Gasteiger partial charge in [-0.15, -0.1) is 0 Å². The van der Waals surface area contributed by atoms with E-state index in [2.05, 4.69) is 5.32 Å². The molecule has 0 aliphatic heterocycles. The lowest BCUT2D eigenvalue weighted by Crippen LogP contribution is -2.23. The highest BCUT2D eigenvalue weighted by Crippen LogP contribution is 2.16. The number of furan rings is 1. The van der Waals surface area contributed by atoms with Gasteiger partial charge in [0.1, 0.15) is 28.9 Å². The zero-order valence-electron chi connectivity index (χ0n) is 15.2. The molecule has 1 aromatic carbocycles. The van der Waals surface area contributed by atoms with Crippen LogP contribution in [-0.2, 0) is 11.8 Å². The molecule has 0 saturated heterocycles. The van der Waals surface area contributed by atoms with E-state index in [4.69, 9.17) is 4.42 Å². The first-order valence-electron chi connectivity index (χ1n) is 8.26. The maximum Gasteiger partial charge on any atom is 0.295 e. The topological polar surface area (TPSA) is 93.0 Å². The van der Waals surface area contributed by atoms with Crippen LogP contribution >= 0.6 is 0 Å². The van der Waals surface area contributed by atoms with Crippen molar-refractivity contribution in [3.05, 3.63) is 75.6 Å². The van der Waals surface area contributed by atoms with Crippen molar-refractivity contribution in [2.24, 2.45) is 7.05 Å². The number of nitrogens with one attached hydrogen (secondary N) is 1. The third-order valence-corrected chi connectivity index (χ3v) is 4.21. The number of nitriles is 1. The second kappa shape index (κ2) is 7.22. The van der Waals surface area contributed by atoms with Gasteiger partial charge in [-0.25, -0.2) is 4.68 Å². The molecule has 1 N–H and O–H groups in total. The summed E-state index contributed by atoms with van der Waals surface area (Å²) in [6.07, 6.45) is 1.34. The zero-order chi connectivity index (χ0) is 19.6. The van der Waals surface area contributed by atoms with E-state index in [1.807, 2.05) is 24.3 Å². The molecular formula is C20H18N4O3. The van der Waals surface area contributed by atoms with E-state index in [1.54, 1.807) is 49.8 Å². The Hall–Kier alpha value is -3.79. The van der Waals surface area contributed by atoms with E-state index in [0.717, 1.165) is 0 Å². The van der Waals surface area contributed by atoms with Gasteiger partial charge in [0, 0.05) is 13.1 Å². The Morgan fingerprint density at radius 1 is 1.19 bits per heavy atom. The third-order valence-electron chi connectivity index (χ3n) is 4.21. The van der Waals surface area contributed by atoms with Crippen molar-refractivity contribution in [2.45, 2.75) is 13.8 Å². The fourth-order valence-corrected chi connectivity index (χ4v) is 2.71. The Bertz CT molecular complexity index is 1120. The van der Waals surface area contributed by atoms with Crippen LogP contribution in [0.4, 0.5) is 5.69 Å². The molecule has 27 heavy (non-hydrogen) atoms. The molecule has 3 aromatic rings. The molecular weight excluding hydrogens is 344 g/mol. The quantitative estimate of drug-likeness (QED) is 0.570. The van der Waals surface area contributed by atoms with Gasteiger partial charge in [0.25, 0.3) is 11.5 Å². The molecule has 7 heteroatoms. The van der Waals surface area contributed by atoms with Gasteiger partial charge < -0.3 is 9.73 Å². The van der Waals surface area contributed by atoms with Gasteiger partial charge in [0.15, 0.2) is 0 Å². The molecule has 2 aromatic heterocycles. The normalized spacial score (nSPS) is 11.3. The second-order valence-corrected chi connectivity index (χ2v) is 6.01. The maximum atomic E-state index is 12.8. The van der Waals surface area contributed by atoms with Gasteiger partial charge >= 0.3 is 0 Å². The van der Waals surface area contributed by atoms with Crippen LogP contribution in [0, 0.1) is 25.2 Å². The van der Waals surface area contributed by atoms with Crippen molar-refractivity contribution >= 4 is 17.7 Å². The molecule has 1 amide bonds. The summed E-state index contributed by atoms with van der Waals surface area (Å²) in [7, 11) is 1.73.